The molecule has 3 N–H and O–H groups in total. The summed E-state index contributed by atoms with van der Waals surface area (Å²) in [5, 5.41) is 9.52. The topological polar surface area (TPSA) is 49.5 Å². The summed E-state index contributed by atoms with van der Waals surface area (Å²) in [6, 6.07) is 6.55. The molecule has 1 aliphatic heterocycles. The standard InChI is InChI=1S/C11H13F3N2O/c12-11(13,14)10(17)5-6-16(7-10)9-3-1-8(15)2-4-9/h1-4,17H,5-7,15H2/t10-/m0/s1. The van der Waals surface area contributed by atoms with Gasteiger partial charge in [0, 0.05) is 24.3 Å². The highest BCUT2D eigenvalue weighted by atomic mass is 19.4. The van der Waals surface area contributed by atoms with E-state index in [1.54, 1.807) is 24.3 Å². The predicted molar refractivity (Wildman–Crippen MR) is 58.7 cm³/mol. The van der Waals surface area contributed by atoms with Gasteiger partial charge in [0.2, 0.25) is 0 Å². The smallest absolute Gasteiger partial charge is 0.399 e. The molecule has 1 aromatic carbocycles. The number of hydrogen-bond acceptors (Lipinski definition) is 3. The maximum absolute atomic E-state index is 12.6. The van der Waals surface area contributed by atoms with Gasteiger partial charge in [0.1, 0.15) is 0 Å². The van der Waals surface area contributed by atoms with Crippen molar-refractivity contribution in [3.8, 4) is 0 Å². The van der Waals surface area contributed by atoms with Gasteiger partial charge >= 0.3 is 6.18 Å². The van der Waals surface area contributed by atoms with E-state index in [4.69, 9.17) is 5.73 Å². The average molecular weight is 246 g/mol. The van der Waals surface area contributed by atoms with Crippen molar-refractivity contribution in [2.24, 2.45) is 0 Å². The number of β-amino-alcohol motifs (C(OH)–C–C–N with tert-alkyl or cyclic N) is 1. The summed E-state index contributed by atoms with van der Waals surface area (Å²) in [5.74, 6) is 0. The molecule has 0 amide bonds. The van der Waals surface area contributed by atoms with Crippen molar-refractivity contribution in [1.82, 2.24) is 0 Å². The number of nitrogen functional groups attached to an aromatic ring is 1. The summed E-state index contributed by atoms with van der Waals surface area (Å²) in [5.41, 5.74) is 4.09. The lowest BCUT2D eigenvalue weighted by Crippen LogP contribution is -2.47. The molecule has 0 aliphatic carbocycles. The third kappa shape index (κ3) is 2.17. The van der Waals surface area contributed by atoms with Crippen LogP contribution in [0.5, 0.6) is 0 Å². The molecule has 1 aromatic rings. The van der Waals surface area contributed by atoms with Crippen LogP contribution < -0.4 is 10.6 Å². The first-order chi connectivity index (χ1) is 7.82. The SMILES string of the molecule is Nc1ccc(N2CC[C@@](O)(C(F)(F)F)C2)cc1. The minimum absolute atomic E-state index is 0.180. The first kappa shape index (κ1) is 12.0. The molecule has 0 aromatic heterocycles. The minimum Gasteiger partial charge on any atom is -0.399 e. The van der Waals surface area contributed by atoms with E-state index in [9.17, 15) is 18.3 Å². The number of nitrogens with zero attached hydrogens (tertiary/aromatic N) is 1. The Kier molecular flexibility index (Phi) is 2.69. The number of halogens is 3. The number of alkyl halides is 3. The van der Waals surface area contributed by atoms with Gasteiger partial charge in [-0.2, -0.15) is 13.2 Å². The Bertz CT molecular complexity index is 404. The molecule has 3 nitrogen and oxygen atoms in total. The van der Waals surface area contributed by atoms with Gasteiger partial charge in [-0.05, 0) is 24.3 Å². The van der Waals surface area contributed by atoms with Crippen molar-refractivity contribution in [3.05, 3.63) is 24.3 Å². The quantitative estimate of drug-likeness (QED) is 0.742. The van der Waals surface area contributed by atoms with E-state index in [0.29, 0.717) is 11.4 Å². The molecular weight excluding hydrogens is 233 g/mol. The van der Waals surface area contributed by atoms with E-state index >= 15 is 0 Å². The lowest BCUT2D eigenvalue weighted by atomic mass is 10.0. The second kappa shape index (κ2) is 3.80. The largest absolute Gasteiger partial charge is 0.418 e. The van der Waals surface area contributed by atoms with Crippen molar-refractivity contribution in [3.63, 3.8) is 0 Å². The summed E-state index contributed by atoms with van der Waals surface area (Å²) in [6.45, 7) is -0.250. The summed E-state index contributed by atoms with van der Waals surface area (Å²) >= 11 is 0. The average Bonchev–Trinajstić information content (AvgIpc) is 2.63. The van der Waals surface area contributed by atoms with Crippen LogP contribution in [0.25, 0.3) is 0 Å². The van der Waals surface area contributed by atoms with Gasteiger partial charge in [-0.25, -0.2) is 0 Å². The van der Waals surface area contributed by atoms with Crippen LogP contribution in [0.15, 0.2) is 24.3 Å². The van der Waals surface area contributed by atoms with Crippen LogP contribution in [0.3, 0.4) is 0 Å². The molecule has 0 radical (unpaired) electrons. The number of rotatable bonds is 1. The van der Waals surface area contributed by atoms with E-state index in [1.807, 2.05) is 0 Å². The van der Waals surface area contributed by atoms with Gasteiger partial charge in [-0.1, -0.05) is 0 Å². The highest BCUT2D eigenvalue weighted by molar-refractivity contribution is 5.54. The minimum atomic E-state index is -4.59. The lowest BCUT2D eigenvalue weighted by Gasteiger charge is -2.26. The Morgan fingerprint density at radius 2 is 1.82 bits per heavy atom. The normalized spacial score (nSPS) is 25.3. The Morgan fingerprint density at radius 1 is 1.24 bits per heavy atom. The number of benzene rings is 1. The first-order valence-electron chi connectivity index (χ1n) is 5.21. The second-order valence-corrected chi connectivity index (χ2v) is 4.29. The Labute approximate surface area is 96.6 Å². The number of nitrogens with two attached hydrogens (primary N) is 1. The third-order valence-corrected chi connectivity index (χ3v) is 3.03. The molecule has 6 heteroatoms. The maximum Gasteiger partial charge on any atom is 0.418 e. The van der Waals surface area contributed by atoms with Gasteiger partial charge in [-0.15, -0.1) is 0 Å². The van der Waals surface area contributed by atoms with Gasteiger partial charge in [-0.3, -0.25) is 0 Å². The van der Waals surface area contributed by atoms with Crippen LogP contribution in [0.4, 0.5) is 24.5 Å². The molecule has 94 valence electrons. The van der Waals surface area contributed by atoms with Crippen LogP contribution in [0, 0.1) is 0 Å². The molecule has 17 heavy (non-hydrogen) atoms. The van der Waals surface area contributed by atoms with Crippen LogP contribution in [0.2, 0.25) is 0 Å². The van der Waals surface area contributed by atoms with Gasteiger partial charge in [0.05, 0.1) is 6.54 Å². The highest BCUT2D eigenvalue weighted by Crippen LogP contribution is 2.39. The van der Waals surface area contributed by atoms with E-state index in [2.05, 4.69) is 0 Å². The fourth-order valence-corrected chi connectivity index (χ4v) is 1.93. The molecule has 0 unspecified atom stereocenters. The molecule has 0 saturated carbocycles. The first-order valence-corrected chi connectivity index (χ1v) is 5.21. The van der Waals surface area contributed by atoms with Crippen LogP contribution in [-0.2, 0) is 0 Å². The van der Waals surface area contributed by atoms with Crippen LogP contribution in [0.1, 0.15) is 6.42 Å². The fourth-order valence-electron chi connectivity index (χ4n) is 1.93. The lowest BCUT2D eigenvalue weighted by molar-refractivity contribution is -0.250. The molecule has 1 fully saturated rings. The molecule has 1 atom stereocenters. The maximum atomic E-state index is 12.6. The molecule has 0 spiro atoms. The molecule has 1 saturated heterocycles. The monoisotopic (exact) mass is 246 g/mol. The Balaban J connectivity index is 2.15. The summed E-state index contributed by atoms with van der Waals surface area (Å²) < 4.78 is 37.8. The fraction of sp³-hybridized carbons (Fsp3) is 0.455. The van der Waals surface area contributed by atoms with Gasteiger partial charge < -0.3 is 15.7 Å². The zero-order valence-corrected chi connectivity index (χ0v) is 9.04. The third-order valence-electron chi connectivity index (χ3n) is 3.03. The zero-order valence-electron chi connectivity index (χ0n) is 9.04. The van der Waals surface area contributed by atoms with E-state index in [1.165, 1.54) is 4.90 Å². The van der Waals surface area contributed by atoms with Crippen LogP contribution >= 0.6 is 0 Å². The van der Waals surface area contributed by atoms with E-state index in [0.717, 1.165) is 0 Å². The molecule has 1 aliphatic rings. The Morgan fingerprint density at radius 3 is 2.29 bits per heavy atom. The second-order valence-electron chi connectivity index (χ2n) is 4.29. The summed E-state index contributed by atoms with van der Waals surface area (Å²) in [7, 11) is 0. The van der Waals surface area contributed by atoms with Crippen molar-refractivity contribution in [1.29, 1.82) is 0 Å². The van der Waals surface area contributed by atoms with E-state index in [-0.39, 0.29) is 13.0 Å². The molecule has 0 bridgehead atoms. The summed E-state index contributed by atoms with van der Waals surface area (Å²) in [4.78, 5) is 1.51. The highest BCUT2D eigenvalue weighted by Gasteiger charge is 2.57. The zero-order chi connectivity index (χ0) is 12.7. The van der Waals surface area contributed by atoms with E-state index < -0.39 is 18.3 Å². The summed E-state index contributed by atoms with van der Waals surface area (Å²) in [6.07, 6.45) is -4.89. The number of anilines is 2. The Hall–Kier alpha value is -1.43. The molecular formula is C11H13F3N2O. The number of hydrogen-bond donors (Lipinski definition) is 2. The van der Waals surface area contributed by atoms with Crippen molar-refractivity contribution < 1.29 is 18.3 Å². The van der Waals surface area contributed by atoms with Crippen molar-refractivity contribution in [2.45, 2.75) is 18.2 Å². The van der Waals surface area contributed by atoms with Gasteiger partial charge in [0.25, 0.3) is 0 Å². The number of aliphatic hydroxyl groups is 1. The van der Waals surface area contributed by atoms with Crippen molar-refractivity contribution >= 4 is 11.4 Å². The predicted octanol–water partition coefficient (Wildman–Crippen LogP) is 1.77. The molecule has 2 rings (SSSR count). The van der Waals surface area contributed by atoms with Crippen LogP contribution in [-0.4, -0.2) is 30.0 Å². The van der Waals surface area contributed by atoms with Gasteiger partial charge in [0.15, 0.2) is 5.60 Å². The van der Waals surface area contributed by atoms with Crippen molar-refractivity contribution in [2.75, 3.05) is 23.7 Å². The molecule has 1 heterocycles.